The van der Waals surface area contributed by atoms with Crippen molar-refractivity contribution in [2.45, 2.75) is 38.6 Å². The molecule has 0 amide bonds. The van der Waals surface area contributed by atoms with Crippen molar-refractivity contribution in [1.29, 1.82) is 0 Å². The van der Waals surface area contributed by atoms with E-state index in [1.54, 1.807) is 12.4 Å². The lowest BCUT2D eigenvalue weighted by molar-refractivity contribution is 0.433. The third kappa shape index (κ3) is 2.89. The molecule has 0 spiro atoms. The van der Waals surface area contributed by atoms with Crippen LogP contribution in [0, 0.1) is 0 Å². The maximum Gasteiger partial charge on any atom is 0.199 e. The van der Waals surface area contributed by atoms with Crippen LogP contribution in [0.1, 0.15) is 38.1 Å². The standard InChI is InChI=1S/C21H22N8O/c1-13-4-2-5-19-24-12-16(30-19)20-22-7-6-17(26-20)25-18-10-15-14(11-23-18)21(27-29(13)15)28-8-3-9-28/h6-7,10-13H,2-5,8-9H2,1H3,(H,22,23,25,26). The van der Waals surface area contributed by atoms with Gasteiger partial charge in [0.15, 0.2) is 23.3 Å². The maximum absolute atomic E-state index is 5.89. The monoisotopic (exact) mass is 402 g/mol. The summed E-state index contributed by atoms with van der Waals surface area (Å²) in [6.45, 7) is 4.32. The van der Waals surface area contributed by atoms with E-state index in [1.165, 1.54) is 6.42 Å². The first-order valence-corrected chi connectivity index (χ1v) is 10.4. The molecule has 0 aromatic carbocycles. The molecular weight excluding hydrogens is 380 g/mol. The van der Waals surface area contributed by atoms with Crippen LogP contribution in [0.5, 0.6) is 0 Å². The van der Waals surface area contributed by atoms with Crippen LogP contribution in [-0.4, -0.2) is 42.8 Å². The lowest BCUT2D eigenvalue weighted by Gasteiger charge is -2.31. The van der Waals surface area contributed by atoms with Gasteiger partial charge in [0.25, 0.3) is 0 Å². The smallest absolute Gasteiger partial charge is 0.199 e. The van der Waals surface area contributed by atoms with E-state index >= 15 is 0 Å². The van der Waals surface area contributed by atoms with Crippen molar-refractivity contribution in [3.63, 3.8) is 0 Å². The molecule has 2 aliphatic rings. The van der Waals surface area contributed by atoms with E-state index in [0.717, 1.165) is 54.9 Å². The van der Waals surface area contributed by atoms with Crippen molar-refractivity contribution in [2.75, 3.05) is 23.3 Å². The molecule has 9 heteroatoms. The Kier molecular flexibility index (Phi) is 3.93. The highest BCUT2D eigenvalue weighted by Crippen LogP contribution is 2.33. The van der Waals surface area contributed by atoms with Crippen molar-refractivity contribution in [1.82, 2.24) is 29.7 Å². The zero-order valence-electron chi connectivity index (χ0n) is 16.7. The van der Waals surface area contributed by atoms with Gasteiger partial charge in [0.1, 0.15) is 11.6 Å². The predicted octanol–water partition coefficient (Wildman–Crippen LogP) is 3.73. The Morgan fingerprint density at radius 3 is 2.90 bits per heavy atom. The molecule has 1 atom stereocenters. The van der Waals surface area contributed by atoms with E-state index in [9.17, 15) is 0 Å². The molecule has 6 rings (SSSR count). The minimum absolute atomic E-state index is 0.248. The van der Waals surface area contributed by atoms with Crippen LogP contribution in [0.25, 0.3) is 22.5 Å². The minimum Gasteiger partial charge on any atom is -0.437 e. The van der Waals surface area contributed by atoms with Gasteiger partial charge in [-0.2, -0.15) is 5.10 Å². The molecule has 1 unspecified atom stereocenters. The van der Waals surface area contributed by atoms with Gasteiger partial charge in [-0.25, -0.2) is 19.9 Å². The quantitative estimate of drug-likeness (QED) is 0.514. The fourth-order valence-corrected chi connectivity index (χ4v) is 4.06. The molecule has 1 fully saturated rings. The van der Waals surface area contributed by atoms with Crippen molar-refractivity contribution in [2.24, 2.45) is 0 Å². The van der Waals surface area contributed by atoms with Gasteiger partial charge in [0.05, 0.1) is 17.1 Å². The third-order valence-corrected chi connectivity index (χ3v) is 5.84. The van der Waals surface area contributed by atoms with Gasteiger partial charge >= 0.3 is 0 Å². The normalized spacial score (nSPS) is 18.6. The van der Waals surface area contributed by atoms with Gasteiger partial charge in [-0.05, 0) is 32.3 Å². The SMILES string of the molecule is CC1CCCc2ncc(o2)-c2nccc(n2)Nc2cc3c(cn2)c(N2CCC2)nn31. The predicted molar refractivity (Wildman–Crippen MR) is 113 cm³/mol. The number of fused-ring (bicyclic) bond motifs is 6. The molecule has 9 nitrogen and oxygen atoms in total. The number of nitrogens with zero attached hydrogens (tertiary/aromatic N) is 7. The van der Waals surface area contributed by atoms with Gasteiger partial charge in [0, 0.05) is 44.0 Å². The maximum atomic E-state index is 5.89. The number of aromatic nitrogens is 6. The van der Waals surface area contributed by atoms with Gasteiger partial charge in [0.2, 0.25) is 0 Å². The average molecular weight is 402 g/mol. The van der Waals surface area contributed by atoms with Crippen LogP contribution in [0.4, 0.5) is 17.5 Å². The summed E-state index contributed by atoms with van der Waals surface area (Å²) in [5.41, 5.74) is 1.09. The molecular formula is C21H22N8O. The zero-order valence-corrected chi connectivity index (χ0v) is 16.7. The Balaban J connectivity index is 1.47. The Morgan fingerprint density at radius 1 is 1.10 bits per heavy atom. The summed E-state index contributed by atoms with van der Waals surface area (Å²) in [5, 5.41) is 9.39. The highest BCUT2D eigenvalue weighted by Gasteiger charge is 2.24. The summed E-state index contributed by atoms with van der Waals surface area (Å²) >= 11 is 0. The summed E-state index contributed by atoms with van der Waals surface area (Å²) in [5.74, 6) is 4.21. The summed E-state index contributed by atoms with van der Waals surface area (Å²) < 4.78 is 8.03. The lowest BCUT2D eigenvalue weighted by Crippen LogP contribution is -2.37. The molecule has 0 radical (unpaired) electrons. The van der Waals surface area contributed by atoms with E-state index in [2.05, 4.69) is 47.8 Å². The molecule has 6 heterocycles. The fourth-order valence-electron chi connectivity index (χ4n) is 4.06. The summed E-state index contributed by atoms with van der Waals surface area (Å²) in [4.78, 5) is 20.3. The molecule has 4 aromatic rings. The fraction of sp³-hybridized carbons (Fsp3) is 0.381. The van der Waals surface area contributed by atoms with E-state index in [-0.39, 0.29) is 6.04 Å². The number of nitrogens with one attached hydrogen (secondary N) is 1. The molecule has 30 heavy (non-hydrogen) atoms. The Hall–Kier alpha value is -3.49. The first-order valence-electron chi connectivity index (χ1n) is 10.4. The second kappa shape index (κ2) is 6.79. The third-order valence-electron chi connectivity index (χ3n) is 5.84. The van der Waals surface area contributed by atoms with Gasteiger partial charge in [-0.1, -0.05) is 0 Å². The Morgan fingerprint density at radius 2 is 2.03 bits per heavy atom. The highest BCUT2D eigenvalue weighted by molar-refractivity contribution is 5.92. The second-order valence-corrected chi connectivity index (χ2v) is 7.95. The molecule has 0 saturated carbocycles. The average Bonchev–Trinajstić information content (AvgIpc) is 3.32. The first kappa shape index (κ1) is 17.4. The van der Waals surface area contributed by atoms with Crippen LogP contribution in [0.2, 0.25) is 0 Å². The van der Waals surface area contributed by atoms with Crippen LogP contribution < -0.4 is 10.2 Å². The molecule has 152 valence electrons. The zero-order chi connectivity index (χ0) is 20.1. The lowest BCUT2D eigenvalue weighted by atomic mass is 10.1. The summed E-state index contributed by atoms with van der Waals surface area (Å²) in [6, 6.07) is 4.13. The molecule has 1 saturated heterocycles. The van der Waals surface area contributed by atoms with E-state index < -0.39 is 0 Å². The minimum atomic E-state index is 0.248. The number of hydrogen-bond donors (Lipinski definition) is 1. The number of oxazole rings is 1. The number of aryl methyl sites for hydroxylation is 1. The largest absolute Gasteiger partial charge is 0.437 e. The molecule has 2 aliphatic heterocycles. The van der Waals surface area contributed by atoms with Crippen molar-refractivity contribution >= 4 is 28.4 Å². The topological polar surface area (TPSA) is 97.8 Å². The second-order valence-electron chi connectivity index (χ2n) is 7.95. The summed E-state index contributed by atoms with van der Waals surface area (Å²) in [6.07, 6.45) is 9.24. The van der Waals surface area contributed by atoms with Crippen LogP contribution in [0.15, 0.2) is 35.1 Å². The summed E-state index contributed by atoms with van der Waals surface area (Å²) in [7, 11) is 0. The van der Waals surface area contributed by atoms with Gasteiger partial charge < -0.3 is 14.6 Å². The van der Waals surface area contributed by atoms with E-state index in [1.807, 2.05) is 12.3 Å². The number of pyridine rings is 1. The van der Waals surface area contributed by atoms with E-state index in [0.29, 0.717) is 23.3 Å². The number of rotatable bonds is 1. The van der Waals surface area contributed by atoms with Gasteiger partial charge in [-0.15, -0.1) is 0 Å². The van der Waals surface area contributed by atoms with Crippen molar-refractivity contribution < 1.29 is 4.42 Å². The number of anilines is 3. The molecule has 6 bridgehead atoms. The first-order chi connectivity index (χ1) is 14.7. The number of hydrogen-bond acceptors (Lipinski definition) is 8. The Labute approximate surface area is 173 Å². The van der Waals surface area contributed by atoms with Crippen LogP contribution in [-0.2, 0) is 6.42 Å². The van der Waals surface area contributed by atoms with Crippen molar-refractivity contribution in [3.8, 4) is 11.6 Å². The van der Waals surface area contributed by atoms with Crippen LogP contribution in [0.3, 0.4) is 0 Å². The van der Waals surface area contributed by atoms with Crippen LogP contribution >= 0.6 is 0 Å². The molecule has 1 N–H and O–H groups in total. The van der Waals surface area contributed by atoms with E-state index in [4.69, 9.17) is 9.52 Å². The molecule has 0 aliphatic carbocycles. The molecule has 4 aromatic heterocycles. The van der Waals surface area contributed by atoms with Gasteiger partial charge in [-0.3, -0.25) is 4.68 Å². The highest BCUT2D eigenvalue weighted by atomic mass is 16.4. The van der Waals surface area contributed by atoms with Crippen molar-refractivity contribution in [3.05, 3.63) is 36.6 Å². The Bertz CT molecular complexity index is 1220.